The van der Waals surface area contributed by atoms with E-state index in [-0.39, 0.29) is 5.57 Å². The lowest BCUT2D eigenvalue weighted by Crippen LogP contribution is -2.13. The number of carbonyl (C=O) groups excluding carboxylic acids is 1. The first kappa shape index (κ1) is 21.7. The second-order valence-corrected chi connectivity index (χ2v) is 7.51. The fourth-order valence-electron chi connectivity index (χ4n) is 3.06. The van der Waals surface area contributed by atoms with E-state index in [1.807, 2.05) is 68.4 Å². The molecule has 0 saturated carbocycles. The second-order valence-electron chi connectivity index (χ2n) is 6.35. The minimum atomic E-state index is -0.462. The zero-order valence-corrected chi connectivity index (χ0v) is 18.9. The molecule has 0 heterocycles. The Morgan fingerprint density at radius 2 is 1.83 bits per heavy atom. The van der Waals surface area contributed by atoms with Crippen molar-refractivity contribution in [1.82, 2.24) is 0 Å². The smallest absolute Gasteiger partial charge is 0.266 e. The van der Waals surface area contributed by atoms with Crippen LogP contribution in [0.3, 0.4) is 0 Å². The summed E-state index contributed by atoms with van der Waals surface area (Å²) in [5, 5.41) is 14.4. The number of nitrogens with zero attached hydrogens (tertiary/aromatic N) is 1. The molecule has 5 nitrogen and oxygen atoms in total. The van der Waals surface area contributed by atoms with Gasteiger partial charge in [-0.25, -0.2) is 0 Å². The van der Waals surface area contributed by atoms with Crippen LogP contribution in [-0.2, 0) is 4.79 Å². The quantitative estimate of drug-likeness (QED) is 0.247. The summed E-state index contributed by atoms with van der Waals surface area (Å²) < 4.78 is 12.2. The first-order valence-electron chi connectivity index (χ1n) is 9.57. The molecule has 30 heavy (non-hydrogen) atoms. The van der Waals surface area contributed by atoms with Crippen molar-refractivity contribution in [2.24, 2.45) is 0 Å². The number of halogens is 1. The molecule has 0 radical (unpaired) electrons. The van der Waals surface area contributed by atoms with Crippen LogP contribution in [0.2, 0.25) is 0 Å². The maximum atomic E-state index is 12.8. The van der Waals surface area contributed by atoms with Gasteiger partial charge in [-0.05, 0) is 71.7 Å². The van der Waals surface area contributed by atoms with Gasteiger partial charge in [0, 0.05) is 11.1 Å². The van der Waals surface area contributed by atoms with E-state index in [9.17, 15) is 10.1 Å². The van der Waals surface area contributed by atoms with Gasteiger partial charge in [0.2, 0.25) is 0 Å². The van der Waals surface area contributed by atoms with E-state index in [2.05, 4.69) is 27.9 Å². The van der Waals surface area contributed by atoms with Crippen molar-refractivity contribution in [1.29, 1.82) is 5.26 Å². The monoisotopic (exact) mass is 512 g/mol. The van der Waals surface area contributed by atoms with Gasteiger partial charge in [0.05, 0.1) is 16.8 Å². The predicted octanol–water partition coefficient (Wildman–Crippen LogP) is 5.79. The molecular weight excluding hydrogens is 491 g/mol. The van der Waals surface area contributed by atoms with Crippen molar-refractivity contribution in [3.05, 3.63) is 69.3 Å². The van der Waals surface area contributed by atoms with E-state index in [0.717, 1.165) is 14.3 Å². The molecule has 0 spiro atoms. The van der Waals surface area contributed by atoms with Crippen LogP contribution in [0.5, 0.6) is 11.5 Å². The van der Waals surface area contributed by atoms with Gasteiger partial charge < -0.3 is 14.8 Å². The molecule has 0 aliphatic heterocycles. The molecule has 3 aromatic rings. The van der Waals surface area contributed by atoms with Crippen molar-refractivity contribution >= 4 is 51.0 Å². The highest BCUT2D eigenvalue weighted by atomic mass is 127. The molecule has 0 bridgehead atoms. The molecule has 1 N–H and O–H groups in total. The van der Waals surface area contributed by atoms with Gasteiger partial charge >= 0.3 is 0 Å². The molecule has 0 saturated heterocycles. The molecule has 0 aliphatic carbocycles. The highest BCUT2D eigenvalue weighted by molar-refractivity contribution is 14.1. The number of nitrogens with one attached hydrogen (secondary N) is 1. The van der Waals surface area contributed by atoms with Gasteiger partial charge in [0.1, 0.15) is 11.6 Å². The molecule has 0 fully saturated rings. The van der Waals surface area contributed by atoms with Crippen LogP contribution < -0.4 is 14.8 Å². The first-order chi connectivity index (χ1) is 14.6. The molecule has 3 aromatic carbocycles. The summed E-state index contributed by atoms with van der Waals surface area (Å²) in [6, 6.07) is 19.1. The Balaban J connectivity index is 1.93. The van der Waals surface area contributed by atoms with E-state index in [4.69, 9.17) is 9.47 Å². The highest BCUT2D eigenvalue weighted by Gasteiger charge is 2.15. The SMILES string of the molecule is CCOc1cc(/C=C(\C#N)C(=O)Nc2cccc3ccccc23)cc(I)c1OCC. The van der Waals surface area contributed by atoms with Crippen LogP contribution >= 0.6 is 22.6 Å². The van der Waals surface area contributed by atoms with E-state index in [1.165, 1.54) is 0 Å². The van der Waals surface area contributed by atoms with Crippen molar-refractivity contribution in [2.45, 2.75) is 13.8 Å². The summed E-state index contributed by atoms with van der Waals surface area (Å²) in [6.45, 7) is 4.80. The average Bonchev–Trinajstić information content (AvgIpc) is 2.75. The van der Waals surface area contributed by atoms with E-state index in [1.54, 1.807) is 12.1 Å². The number of rotatable bonds is 7. The van der Waals surface area contributed by atoms with Crippen molar-refractivity contribution in [3.8, 4) is 17.6 Å². The number of nitriles is 1. The number of amides is 1. The van der Waals surface area contributed by atoms with Crippen LogP contribution in [0.1, 0.15) is 19.4 Å². The minimum absolute atomic E-state index is 0.00495. The standard InChI is InChI=1S/C24H21IN2O3/c1-3-29-22-14-16(13-20(25)23(22)30-4-2)12-18(15-26)24(28)27-21-11-7-9-17-8-5-6-10-19(17)21/h5-14H,3-4H2,1-2H3,(H,27,28)/b18-12+. The molecule has 3 rings (SSSR count). The summed E-state index contributed by atoms with van der Waals surface area (Å²) in [5.74, 6) is 0.788. The zero-order valence-electron chi connectivity index (χ0n) is 16.7. The van der Waals surface area contributed by atoms with Crippen LogP contribution in [0.25, 0.3) is 16.8 Å². The van der Waals surface area contributed by atoms with E-state index in [0.29, 0.717) is 36.0 Å². The van der Waals surface area contributed by atoms with Crippen LogP contribution in [-0.4, -0.2) is 19.1 Å². The Hall–Kier alpha value is -3.05. The van der Waals surface area contributed by atoms with Gasteiger partial charge in [-0.3, -0.25) is 4.79 Å². The van der Waals surface area contributed by atoms with E-state index >= 15 is 0 Å². The number of anilines is 1. The Labute approximate surface area is 189 Å². The minimum Gasteiger partial charge on any atom is -0.490 e. The Bertz CT molecular complexity index is 1140. The molecule has 0 unspecified atom stereocenters. The maximum absolute atomic E-state index is 12.8. The third-order valence-corrected chi connectivity index (χ3v) is 5.14. The Morgan fingerprint density at radius 3 is 2.57 bits per heavy atom. The van der Waals surface area contributed by atoms with Crippen molar-refractivity contribution in [3.63, 3.8) is 0 Å². The maximum Gasteiger partial charge on any atom is 0.266 e. The predicted molar refractivity (Wildman–Crippen MR) is 128 cm³/mol. The second kappa shape index (κ2) is 10.1. The number of fused-ring (bicyclic) bond motifs is 1. The van der Waals surface area contributed by atoms with Crippen LogP contribution in [0.15, 0.2) is 60.2 Å². The van der Waals surface area contributed by atoms with Crippen molar-refractivity contribution < 1.29 is 14.3 Å². The lowest BCUT2D eigenvalue weighted by molar-refractivity contribution is -0.112. The number of hydrogen-bond donors (Lipinski definition) is 1. The van der Waals surface area contributed by atoms with Crippen LogP contribution in [0, 0.1) is 14.9 Å². The topological polar surface area (TPSA) is 71.3 Å². The lowest BCUT2D eigenvalue weighted by atomic mass is 10.1. The molecule has 6 heteroatoms. The van der Waals surface area contributed by atoms with Gasteiger partial charge in [-0.1, -0.05) is 36.4 Å². The molecule has 152 valence electrons. The normalized spacial score (nSPS) is 11.1. The summed E-state index contributed by atoms with van der Waals surface area (Å²) in [4.78, 5) is 12.8. The average molecular weight is 512 g/mol. The Morgan fingerprint density at radius 1 is 1.10 bits per heavy atom. The van der Waals surface area contributed by atoms with Gasteiger partial charge in [-0.15, -0.1) is 0 Å². The Kier molecular flexibility index (Phi) is 7.31. The summed E-state index contributed by atoms with van der Waals surface area (Å²) in [7, 11) is 0. The van der Waals surface area contributed by atoms with Gasteiger partial charge in [-0.2, -0.15) is 5.26 Å². The number of ether oxygens (including phenoxy) is 2. The highest BCUT2D eigenvalue weighted by Crippen LogP contribution is 2.35. The fourth-order valence-corrected chi connectivity index (χ4v) is 3.84. The molecule has 0 aromatic heterocycles. The first-order valence-corrected chi connectivity index (χ1v) is 10.6. The van der Waals surface area contributed by atoms with Gasteiger partial charge in [0.25, 0.3) is 5.91 Å². The number of benzene rings is 3. The number of carbonyl (C=O) groups is 1. The summed E-state index contributed by atoms with van der Waals surface area (Å²) in [6.07, 6.45) is 1.56. The third kappa shape index (κ3) is 4.92. The van der Waals surface area contributed by atoms with Crippen molar-refractivity contribution in [2.75, 3.05) is 18.5 Å². The van der Waals surface area contributed by atoms with Crippen LogP contribution in [0.4, 0.5) is 5.69 Å². The molecule has 0 aliphatic rings. The third-order valence-electron chi connectivity index (χ3n) is 4.33. The summed E-state index contributed by atoms with van der Waals surface area (Å²) in [5.41, 5.74) is 1.36. The molecule has 1 amide bonds. The lowest BCUT2D eigenvalue weighted by Gasteiger charge is -2.14. The largest absolute Gasteiger partial charge is 0.490 e. The van der Waals surface area contributed by atoms with E-state index < -0.39 is 5.91 Å². The molecule has 0 atom stereocenters. The summed E-state index contributed by atoms with van der Waals surface area (Å²) >= 11 is 2.16. The number of hydrogen-bond acceptors (Lipinski definition) is 4. The zero-order chi connectivity index (χ0) is 21.5. The fraction of sp³-hybridized carbons (Fsp3) is 0.167. The van der Waals surface area contributed by atoms with Gasteiger partial charge in [0.15, 0.2) is 11.5 Å². The molecular formula is C24H21IN2O3.